The number of hydrogen-bond acceptors (Lipinski definition) is 6. The molecule has 4 heterocycles. The number of halogens is 1. The molecule has 0 N–H and O–H groups in total. The van der Waals surface area contributed by atoms with Gasteiger partial charge in [-0.3, -0.25) is 9.20 Å². The summed E-state index contributed by atoms with van der Waals surface area (Å²) in [6, 6.07) is 8.49. The Morgan fingerprint density at radius 2 is 2.17 bits per heavy atom. The van der Waals surface area contributed by atoms with Crippen molar-refractivity contribution in [2.75, 3.05) is 0 Å². The van der Waals surface area contributed by atoms with E-state index < -0.39 is 0 Å². The van der Waals surface area contributed by atoms with Crippen LogP contribution in [0.25, 0.3) is 16.9 Å². The maximum atomic E-state index is 12.1. The Morgan fingerprint density at radius 3 is 3.04 bits per heavy atom. The van der Waals surface area contributed by atoms with Crippen molar-refractivity contribution in [2.45, 2.75) is 11.0 Å². The Balaban J connectivity index is 1.62. The van der Waals surface area contributed by atoms with Crippen molar-refractivity contribution < 1.29 is 4.42 Å². The van der Waals surface area contributed by atoms with Crippen LogP contribution in [0.2, 0.25) is 5.02 Å². The lowest BCUT2D eigenvalue weighted by Crippen LogP contribution is -2.15. The first kappa shape index (κ1) is 14.2. The third-order valence-corrected chi connectivity index (χ3v) is 4.25. The Hall–Kier alpha value is -2.38. The second kappa shape index (κ2) is 5.68. The van der Waals surface area contributed by atoms with E-state index in [1.165, 1.54) is 22.2 Å². The van der Waals surface area contributed by atoms with E-state index in [0.717, 1.165) is 0 Å². The monoisotopic (exact) mass is 344 g/mol. The predicted octanol–water partition coefficient (Wildman–Crippen LogP) is 3.18. The molecular weight excluding hydrogens is 336 g/mol. The summed E-state index contributed by atoms with van der Waals surface area (Å²) >= 11 is 7.26. The zero-order chi connectivity index (χ0) is 15.8. The van der Waals surface area contributed by atoms with Crippen LogP contribution in [0.3, 0.4) is 0 Å². The highest BCUT2D eigenvalue weighted by atomic mass is 35.5. The van der Waals surface area contributed by atoms with Crippen molar-refractivity contribution in [3.05, 3.63) is 63.8 Å². The number of nitrogens with zero attached hydrogens (tertiary/aromatic N) is 4. The fraction of sp³-hybridized carbons (Fsp3) is 0.0667. The van der Waals surface area contributed by atoms with E-state index in [1.807, 2.05) is 6.07 Å². The van der Waals surface area contributed by atoms with E-state index in [0.29, 0.717) is 38.6 Å². The van der Waals surface area contributed by atoms with Crippen LogP contribution < -0.4 is 5.56 Å². The highest BCUT2D eigenvalue weighted by molar-refractivity contribution is 7.98. The number of oxazole rings is 1. The number of fused-ring (bicyclic) bond motifs is 2. The first-order chi connectivity index (χ1) is 11.2. The quantitative estimate of drug-likeness (QED) is 0.531. The lowest BCUT2D eigenvalue weighted by atomic mass is 10.4. The molecule has 4 aromatic rings. The number of rotatable bonds is 3. The van der Waals surface area contributed by atoms with E-state index in [-0.39, 0.29) is 5.56 Å². The van der Waals surface area contributed by atoms with Crippen molar-refractivity contribution in [1.82, 2.24) is 19.4 Å². The largest absolute Gasteiger partial charge is 0.430 e. The van der Waals surface area contributed by atoms with Gasteiger partial charge >= 0.3 is 0 Å². The van der Waals surface area contributed by atoms with Crippen molar-refractivity contribution in [3.8, 4) is 0 Å². The highest BCUT2D eigenvalue weighted by Crippen LogP contribution is 2.24. The Morgan fingerprint density at radius 1 is 1.26 bits per heavy atom. The molecule has 23 heavy (non-hydrogen) atoms. The molecule has 0 saturated carbocycles. The first-order valence-electron chi connectivity index (χ1n) is 6.71. The molecule has 0 spiro atoms. The van der Waals surface area contributed by atoms with Gasteiger partial charge in [0.1, 0.15) is 5.65 Å². The van der Waals surface area contributed by atoms with Crippen molar-refractivity contribution in [2.24, 2.45) is 0 Å². The van der Waals surface area contributed by atoms with Gasteiger partial charge in [0.2, 0.25) is 0 Å². The molecule has 0 unspecified atom stereocenters. The van der Waals surface area contributed by atoms with Crippen LogP contribution in [0.1, 0.15) is 5.69 Å². The summed E-state index contributed by atoms with van der Waals surface area (Å²) in [5.41, 5.74) is 2.23. The maximum absolute atomic E-state index is 12.1. The van der Waals surface area contributed by atoms with Crippen LogP contribution in [-0.4, -0.2) is 19.4 Å². The van der Waals surface area contributed by atoms with E-state index in [9.17, 15) is 4.79 Å². The highest BCUT2D eigenvalue weighted by Gasteiger charge is 2.09. The summed E-state index contributed by atoms with van der Waals surface area (Å²) in [6.45, 7) is 0. The predicted molar refractivity (Wildman–Crippen MR) is 87.8 cm³/mol. The normalized spacial score (nSPS) is 11.3. The number of thioether (sulfide) groups is 1. The summed E-state index contributed by atoms with van der Waals surface area (Å²) < 4.78 is 7.00. The van der Waals surface area contributed by atoms with Gasteiger partial charge in [-0.1, -0.05) is 23.4 Å². The van der Waals surface area contributed by atoms with Crippen LogP contribution in [0.15, 0.2) is 57.2 Å². The summed E-state index contributed by atoms with van der Waals surface area (Å²) in [7, 11) is 0. The van der Waals surface area contributed by atoms with Gasteiger partial charge in [0.05, 0.1) is 10.7 Å². The van der Waals surface area contributed by atoms with Crippen LogP contribution in [0.5, 0.6) is 0 Å². The zero-order valence-corrected chi connectivity index (χ0v) is 13.2. The standard InChI is InChI=1S/C15H9ClN4O2S/c16-9-3-4-12-18-10(6-13(21)20(12)7-9)8-23-15-19-14-11(22-15)2-1-5-17-14/h1-7H,8H2. The maximum Gasteiger partial charge on any atom is 0.258 e. The first-order valence-corrected chi connectivity index (χ1v) is 8.07. The third-order valence-electron chi connectivity index (χ3n) is 3.17. The van der Waals surface area contributed by atoms with Crippen molar-refractivity contribution in [1.29, 1.82) is 0 Å². The molecule has 0 aromatic carbocycles. The molecule has 0 radical (unpaired) electrons. The fourth-order valence-corrected chi connectivity index (χ4v) is 3.03. The van der Waals surface area contributed by atoms with E-state index >= 15 is 0 Å². The Kier molecular flexibility index (Phi) is 3.51. The molecule has 8 heteroatoms. The molecule has 0 bridgehead atoms. The summed E-state index contributed by atoms with van der Waals surface area (Å²) in [5.74, 6) is 0.473. The van der Waals surface area contributed by atoms with Gasteiger partial charge in [0, 0.05) is 24.2 Å². The average Bonchev–Trinajstić information content (AvgIpc) is 2.96. The third kappa shape index (κ3) is 2.80. The minimum Gasteiger partial charge on any atom is -0.430 e. The SMILES string of the molecule is O=c1cc(CSc2nc3ncccc3o2)nc2ccc(Cl)cn12. The fourth-order valence-electron chi connectivity index (χ4n) is 2.15. The van der Waals surface area contributed by atoms with Crippen LogP contribution in [0, 0.1) is 0 Å². The molecular formula is C15H9ClN4O2S. The molecule has 0 saturated heterocycles. The van der Waals surface area contributed by atoms with E-state index in [1.54, 1.807) is 30.6 Å². The number of pyridine rings is 2. The Labute approximate surface area is 139 Å². The average molecular weight is 345 g/mol. The summed E-state index contributed by atoms with van der Waals surface area (Å²) in [5, 5.41) is 0.985. The van der Waals surface area contributed by atoms with Crippen LogP contribution >= 0.6 is 23.4 Å². The molecule has 0 amide bonds. The van der Waals surface area contributed by atoms with Gasteiger partial charge in [0.25, 0.3) is 10.8 Å². The second-order valence-electron chi connectivity index (χ2n) is 4.75. The molecule has 114 valence electrons. The molecule has 0 aliphatic rings. The number of aromatic nitrogens is 4. The van der Waals surface area contributed by atoms with Gasteiger partial charge in [-0.15, -0.1) is 0 Å². The van der Waals surface area contributed by atoms with Crippen molar-refractivity contribution >= 4 is 40.2 Å². The Bertz CT molecular complexity index is 1040. The lowest BCUT2D eigenvalue weighted by molar-refractivity contribution is 0.489. The topological polar surface area (TPSA) is 73.3 Å². The summed E-state index contributed by atoms with van der Waals surface area (Å²) in [4.78, 5) is 25.0. The summed E-state index contributed by atoms with van der Waals surface area (Å²) in [6.07, 6.45) is 3.21. The number of hydrogen-bond donors (Lipinski definition) is 0. The molecule has 0 aliphatic heterocycles. The molecule has 0 atom stereocenters. The molecule has 0 aliphatic carbocycles. The molecule has 4 aromatic heterocycles. The van der Waals surface area contributed by atoms with Gasteiger partial charge < -0.3 is 4.42 Å². The van der Waals surface area contributed by atoms with Crippen molar-refractivity contribution in [3.63, 3.8) is 0 Å². The van der Waals surface area contributed by atoms with E-state index in [2.05, 4.69) is 15.0 Å². The van der Waals surface area contributed by atoms with Gasteiger partial charge in [-0.2, -0.15) is 4.98 Å². The van der Waals surface area contributed by atoms with E-state index in [4.69, 9.17) is 16.0 Å². The van der Waals surface area contributed by atoms with Gasteiger partial charge in [0.15, 0.2) is 11.2 Å². The minimum atomic E-state index is -0.174. The van der Waals surface area contributed by atoms with Gasteiger partial charge in [-0.05, 0) is 24.3 Å². The van der Waals surface area contributed by atoms with Crippen LogP contribution in [0.4, 0.5) is 0 Å². The lowest BCUT2D eigenvalue weighted by Gasteiger charge is -2.03. The molecule has 4 rings (SSSR count). The molecule has 0 fully saturated rings. The smallest absolute Gasteiger partial charge is 0.258 e. The second-order valence-corrected chi connectivity index (χ2v) is 6.12. The zero-order valence-electron chi connectivity index (χ0n) is 11.6. The van der Waals surface area contributed by atoms with Crippen LogP contribution in [-0.2, 0) is 5.75 Å². The minimum absolute atomic E-state index is 0.174. The molecule has 6 nitrogen and oxygen atoms in total. The van der Waals surface area contributed by atoms with Gasteiger partial charge in [-0.25, -0.2) is 9.97 Å².